The highest BCUT2D eigenvalue weighted by Gasteiger charge is 2.13. The first-order valence-electron chi connectivity index (χ1n) is 10.2. The highest BCUT2D eigenvalue weighted by atomic mass is 16.5. The summed E-state index contributed by atoms with van der Waals surface area (Å²) in [6, 6.07) is 9.17. The Labute approximate surface area is 167 Å². The zero-order chi connectivity index (χ0) is 19.9. The molecule has 0 aliphatic rings. The Morgan fingerprint density at radius 1 is 1.04 bits per heavy atom. The fraction of sp³-hybridized carbons (Fsp3) is 0.455. The van der Waals surface area contributed by atoms with Crippen LogP contribution >= 0.6 is 0 Å². The Morgan fingerprint density at radius 3 is 2.43 bits per heavy atom. The van der Waals surface area contributed by atoms with Crippen molar-refractivity contribution in [3.63, 3.8) is 0 Å². The minimum Gasteiger partial charge on any atom is -0.463 e. The minimum atomic E-state index is 0.355. The molecule has 2 heterocycles. The number of ether oxygens (including phenoxy) is 1. The van der Waals surface area contributed by atoms with Crippen LogP contribution in [0.4, 0.5) is 5.82 Å². The maximum Gasteiger partial charge on any atom is 0.319 e. The average Bonchev–Trinajstić information content (AvgIpc) is 3.11. The summed E-state index contributed by atoms with van der Waals surface area (Å²) >= 11 is 0. The summed E-state index contributed by atoms with van der Waals surface area (Å²) < 4.78 is 5.66. The number of nitrogens with zero attached hydrogens (tertiary/aromatic N) is 3. The number of hydrogen-bond donors (Lipinski definition) is 2. The highest BCUT2D eigenvalue weighted by Crippen LogP contribution is 2.25. The number of aromatic nitrogens is 3. The molecule has 6 nitrogen and oxygen atoms in total. The van der Waals surface area contributed by atoms with Crippen molar-refractivity contribution in [2.45, 2.75) is 46.6 Å². The third-order valence-electron chi connectivity index (χ3n) is 5.06. The smallest absolute Gasteiger partial charge is 0.319 e. The molecule has 0 amide bonds. The van der Waals surface area contributed by atoms with Crippen LogP contribution in [0.2, 0.25) is 0 Å². The zero-order valence-corrected chi connectivity index (χ0v) is 17.2. The molecule has 6 heteroatoms. The molecule has 0 spiro atoms. The average molecular weight is 382 g/mol. The van der Waals surface area contributed by atoms with Gasteiger partial charge in [-0.05, 0) is 30.6 Å². The lowest BCUT2D eigenvalue weighted by Crippen LogP contribution is -2.21. The summed E-state index contributed by atoms with van der Waals surface area (Å²) in [6.07, 6.45) is 4.80. The van der Waals surface area contributed by atoms with Gasteiger partial charge in [-0.15, -0.1) is 0 Å². The summed E-state index contributed by atoms with van der Waals surface area (Å²) in [5.74, 6) is 0.428. The van der Waals surface area contributed by atoms with Crippen molar-refractivity contribution in [3.8, 4) is 6.01 Å². The standard InChI is InChI=1S/C22H31N5O/c1-4-7-12-28-22-25-19-18(14-24-20(19)21(23)26-22)13-16-8-10-17(11-9-16)15-27(5-2)6-3/h8-11,14,24H,4-7,12-13,15H2,1-3H3,(H2,23,25,26). The molecule has 3 aromatic rings. The van der Waals surface area contributed by atoms with Crippen molar-refractivity contribution in [1.29, 1.82) is 0 Å². The van der Waals surface area contributed by atoms with E-state index in [4.69, 9.17) is 10.5 Å². The van der Waals surface area contributed by atoms with Gasteiger partial charge in [-0.25, -0.2) is 0 Å². The van der Waals surface area contributed by atoms with Crippen LogP contribution in [0, 0.1) is 0 Å². The van der Waals surface area contributed by atoms with Gasteiger partial charge in [0.15, 0.2) is 5.82 Å². The Hall–Kier alpha value is -2.60. The van der Waals surface area contributed by atoms with Crippen molar-refractivity contribution >= 4 is 16.9 Å². The molecule has 2 aromatic heterocycles. The number of H-pyrrole nitrogens is 1. The Morgan fingerprint density at radius 2 is 1.75 bits per heavy atom. The molecule has 0 atom stereocenters. The second kappa shape index (κ2) is 9.55. The number of aromatic amines is 1. The van der Waals surface area contributed by atoms with Crippen molar-refractivity contribution < 1.29 is 4.74 Å². The van der Waals surface area contributed by atoms with Crippen LogP contribution < -0.4 is 10.5 Å². The number of hydrogen-bond acceptors (Lipinski definition) is 5. The number of fused-ring (bicyclic) bond motifs is 1. The molecule has 3 N–H and O–H groups in total. The van der Waals surface area contributed by atoms with Gasteiger partial charge in [0, 0.05) is 24.7 Å². The molecule has 0 saturated heterocycles. The maximum atomic E-state index is 6.09. The molecule has 0 aliphatic carbocycles. The summed E-state index contributed by atoms with van der Waals surface area (Å²) in [7, 11) is 0. The SMILES string of the molecule is CCCCOc1nc(N)c2[nH]cc(Cc3ccc(CN(CC)CC)cc3)c2n1. The lowest BCUT2D eigenvalue weighted by molar-refractivity contribution is 0.287. The van der Waals surface area contributed by atoms with Gasteiger partial charge in [0.05, 0.1) is 6.61 Å². The molecule has 0 unspecified atom stereocenters. The number of benzene rings is 1. The largest absolute Gasteiger partial charge is 0.463 e. The van der Waals surface area contributed by atoms with Crippen molar-refractivity contribution in [1.82, 2.24) is 19.9 Å². The second-order valence-corrected chi connectivity index (χ2v) is 7.09. The van der Waals surface area contributed by atoms with Gasteiger partial charge < -0.3 is 15.5 Å². The number of unbranched alkanes of at least 4 members (excludes halogenated alkanes) is 1. The van der Waals surface area contributed by atoms with Crippen LogP contribution in [0.1, 0.15) is 50.3 Å². The minimum absolute atomic E-state index is 0.355. The molecule has 0 bridgehead atoms. The van der Waals surface area contributed by atoms with Crippen LogP contribution in [0.5, 0.6) is 6.01 Å². The van der Waals surface area contributed by atoms with Crippen molar-refractivity contribution in [2.24, 2.45) is 0 Å². The quantitative estimate of drug-likeness (QED) is 0.516. The van der Waals surface area contributed by atoms with Crippen LogP contribution in [0.3, 0.4) is 0 Å². The molecule has 28 heavy (non-hydrogen) atoms. The lowest BCUT2D eigenvalue weighted by Gasteiger charge is -2.18. The van der Waals surface area contributed by atoms with E-state index in [1.807, 2.05) is 6.20 Å². The van der Waals surface area contributed by atoms with E-state index in [0.29, 0.717) is 18.4 Å². The summed E-state index contributed by atoms with van der Waals surface area (Å²) in [5, 5.41) is 0. The molecule has 3 rings (SSSR count). The fourth-order valence-electron chi connectivity index (χ4n) is 3.25. The van der Waals surface area contributed by atoms with Crippen molar-refractivity contribution in [2.75, 3.05) is 25.4 Å². The number of nitrogens with two attached hydrogens (primary N) is 1. The molecule has 0 aliphatic heterocycles. The van der Waals surface area contributed by atoms with Gasteiger partial charge >= 0.3 is 6.01 Å². The van der Waals surface area contributed by atoms with Gasteiger partial charge in [-0.1, -0.05) is 51.5 Å². The van der Waals surface area contributed by atoms with E-state index in [9.17, 15) is 0 Å². The summed E-state index contributed by atoms with van der Waals surface area (Å²) in [5.41, 5.74) is 11.4. The van der Waals surface area contributed by atoms with E-state index in [1.54, 1.807) is 0 Å². The van der Waals surface area contributed by atoms with Gasteiger partial charge in [-0.3, -0.25) is 4.90 Å². The first-order chi connectivity index (χ1) is 13.6. The molecular weight excluding hydrogens is 350 g/mol. The van der Waals surface area contributed by atoms with E-state index in [2.05, 4.69) is 64.9 Å². The Kier molecular flexibility index (Phi) is 6.87. The van der Waals surface area contributed by atoms with Crippen LogP contribution in [-0.4, -0.2) is 39.5 Å². The normalized spacial score (nSPS) is 11.4. The predicted octanol–water partition coefficient (Wildman–Crippen LogP) is 4.15. The van der Waals surface area contributed by atoms with E-state index in [1.165, 1.54) is 11.1 Å². The number of rotatable bonds is 10. The van der Waals surface area contributed by atoms with Crippen LogP contribution in [0.15, 0.2) is 30.5 Å². The van der Waals surface area contributed by atoms with E-state index in [0.717, 1.165) is 55.5 Å². The Balaban J connectivity index is 1.76. The number of anilines is 1. The van der Waals surface area contributed by atoms with E-state index >= 15 is 0 Å². The molecule has 150 valence electrons. The van der Waals surface area contributed by atoms with Crippen molar-refractivity contribution in [3.05, 3.63) is 47.2 Å². The second-order valence-electron chi connectivity index (χ2n) is 7.09. The third-order valence-corrected chi connectivity index (χ3v) is 5.06. The highest BCUT2D eigenvalue weighted by molar-refractivity contribution is 5.87. The molecular formula is C22H31N5O. The molecule has 0 saturated carbocycles. The maximum absolute atomic E-state index is 6.09. The van der Waals surface area contributed by atoms with Crippen LogP contribution in [-0.2, 0) is 13.0 Å². The molecule has 0 radical (unpaired) electrons. The Bertz CT molecular complexity index is 884. The molecule has 0 fully saturated rings. The van der Waals surface area contributed by atoms with E-state index in [-0.39, 0.29) is 0 Å². The number of nitrogens with one attached hydrogen (secondary N) is 1. The fourth-order valence-corrected chi connectivity index (χ4v) is 3.25. The van der Waals surface area contributed by atoms with Gasteiger partial charge in [0.25, 0.3) is 0 Å². The molecule has 1 aromatic carbocycles. The van der Waals surface area contributed by atoms with Crippen LogP contribution in [0.25, 0.3) is 11.0 Å². The van der Waals surface area contributed by atoms with Gasteiger partial charge in [0.2, 0.25) is 0 Å². The monoisotopic (exact) mass is 381 g/mol. The van der Waals surface area contributed by atoms with E-state index < -0.39 is 0 Å². The predicted molar refractivity (Wildman–Crippen MR) is 115 cm³/mol. The lowest BCUT2D eigenvalue weighted by atomic mass is 10.0. The summed E-state index contributed by atoms with van der Waals surface area (Å²) in [6.45, 7) is 10.2. The topological polar surface area (TPSA) is 80.1 Å². The zero-order valence-electron chi connectivity index (χ0n) is 17.2. The summed E-state index contributed by atoms with van der Waals surface area (Å²) in [4.78, 5) is 14.5. The van der Waals surface area contributed by atoms with Gasteiger partial charge in [-0.2, -0.15) is 9.97 Å². The first kappa shape index (κ1) is 20.1. The first-order valence-corrected chi connectivity index (χ1v) is 10.2. The number of nitrogen functional groups attached to an aromatic ring is 1. The third kappa shape index (κ3) is 4.81. The van der Waals surface area contributed by atoms with Gasteiger partial charge in [0.1, 0.15) is 11.0 Å².